The van der Waals surface area contributed by atoms with Crippen LogP contribution in [-0.2, 0) is 4.79 Å². The van der Waals surface area contributed by atoms with Crippen LogP contribution in [0.1, 0.15) is 49.3 Å². The zero-order valence-electron chi connectivity index (χ0n) is 21.3. The number of carbonyl (C=O) groups is 1. The number of methoxy groups -OCH3 is 1. The Hall–Kier alpha value is -3.68. The van der Waals surface area contributed by atoms with E-state index in [1.54, 1.807) is 18.2 Å². The highest BCUT2D eigenvalue weighted by molar-refractivity contribution is 5.84. The van der Waals surface area contributed by atoms with Crippen LogP contribution < -0.4 is 4.74 Å². The Labute approximate surface area is 223 Å². The molecule has 10 heteroatoms. The molecular formula is C29H28F4N2O4. The number of aliphatic hydroxyl groups is 1. The Kier molecular flexibility index (Phi) is 8.73. The molecule has 206 valence electrons. The van der Waals surface area contributed by atoms with Crippen LogP contribution in [0.4, 0.5) is 17.6 Å². The van der Waals surface area contributed by atoms with Gasteiger partial charge >= 0.3 is 5.97 Å². The molecule has 0 radical (unpaired) electrons. The third kappa shape index (κ3) is 6.67. The first-order chi connectivity index (χ1) is 18.6. The van der Waals surface area contributed by atoms with Gasteiger partial charge in [-0.3, -0.25) is 14.7 Å². The summed E-state index contributed by atoms with van der Waals surface area (Å²) < 4.78 is 60.6. The number of carboxylic acid groups (broad SMARTS) is 1. The zero-order valence-corrected chi connectivity index (χ0v) is 21.3. The molecular weight excluding hydrogens is 516 g/mol. The first-order valence-electron chi connectivity index (χ1n) is 12.5. The number of hydrogen-bond acceptors (Lipinski definition) is 5. The summed E-state index contributed by atoms with van der Waals surface area (Å²) in [6.07, 6.45) is 1.24. The van der Waals surface area contributed by atoms with Gasteiger partial charge in [-0.05, 0) is 68.5 Å². The highest BCUT2D eigenvalue weighted by Gasteiger charge is 2.37. The number of aromatic nitrogens is 1. The van der Waals surface area contributed by atoms with Gasteiger partial charge in [0, 0.05) is 17.0 Å². The Bertz CT molecular complexity index is 1430. The minimum absolute atomic E-state index is 0.0955. The van der Waals surface area contributed by atoms with Gasteiger partial charge in [0.2, 0.25) is 0 Å². The van der Waals surface area contributed by atoms with E-state index in [9.17, 15) is 32.6 Å². The first kappa shape index (κ1) is 28.3. The fourth-order valence-corrected chi connectivity index (χ4v) is 5.14. The van der Waals surface area contributed by atoms with Crippen molar-refractivity contribution >= 4 is 16.9 Å². The number of piperidine rings is 1. The summed E-state index contributed by atoms with van der Waals surface area (Å²) in [6.45, 7) is 1.18. The van der Waals surface area contributed by atoms with Crippen molar-refractivity contribution in [2.45, 2.75) is 38.2 Å². The van der Waals surface area contributed by atoms with Crippen LogP contribution in [0.2, 0.25) is 0 Å². The lowest BCUT2D eigenvalue weighted by atomic mass is 9.71. The third-order valence-electron chi connectivity index (χ3n) is 7.31. The van der Waals surface area contributed by atoms with E-state index >= 15 is 0 Å². The topological polar surface area (TPSA) is 82.9 Å². The number of pyridine rings is 1. The lowest BCUT2D eigenvalue weighted by molar-refractivity contribution is -0.141. The van der Waals surface area contributed by atoms with Gasteiger partial charge in [-0.25, -0.2) is 17.6 Å². The SMILES string of the molecule is COc1ccc2ncc(F)c(C(O)CCC3(CC(=O)O)CCN(CC#Cc4cc(F)cc(F)c4F)CC3)c2c1. The van der Waals surface area contributed by atoms with E-state index in [-0.39, 0.29) is 30.5 Å². The van der Waals surface area contributed by atoms with Crippen LogP contribution in [0.15, 0.2) is 36.5 Å². The number of likely N-dealkylation sites (tertiary alicyclic amines) is 1. The molecule has 39 heavy (non-hydrogen) atoms. The summed E-state index contributed by atoms with van der Waals surface area (Å²) in [5, 5.41) is 21.0. The Morgan fingerprint density at radius 2 is 1.90 bits per heavy atom. The smallest absolute Gasteiger partial charge is 0.303 e. The number of fused-ring (bicyclic) bond motifs is 1. The van der Waals surface area contributed by atoms with Crippen molar-refractivity contribution in [1.82, 2.24) is 9.88 Å². The Morgan fingerprint density at radius 3 is 2.59 bits per heavy atom. The lowest BCUT2D eigenvalue weighted by Crippen LogP contribution is -2.41. The zero-order chi connectivity index (χ0) is 28.2. The number of ether oxygens (including phenoxy) is 1. The molecule has 1 aliphatic heterocycles. The van der Waals surface area contributed by atoms with Crippen LogP contribution in [0.5, 0.6) is 5.75 Å². The maximum absolute atomic E-state index is 14.8. The molecule has 1 atom stereocenters. The van der Waals surface area contributed by atoms with Crippen molar-refractivity contribution in [2.75, 3.05) is 26.7 Å². The summed E-state index contributed by atoms with van der Waals surface area (Å²) in [4.78, 5) is 17.7. The maximum Gasteiger partial charge on any atom is 0.303 e. The summed E-state index contributed by atoms with van der Waals surface area (Å²) in [5.41, 5.74) is -0.391. The molecule has 4 rings (SSSR count). The van der Waals surface area contributed by atoms with Gasteiger partial charge in [-0.1, -0.05) is 11.8 Å². The van der Waals surface area contributed by atoms with E-state index in [1.165, 1.54) is 7.11 Å². The average Bonchev–Trinajstić information content (AvgIpc) is 2.90. The van der Waals surface area contributed by atoms with Crippen LogP contribution in [-0.4, -0.2) is 52.8 Å². The predicted octanol–water partition coefficient (Wildman–Crippen LogP) is 5.22. The summed E-state index contributed by atoms with van der Waals surface area (Å²) in [7, 11) is 1.48. The van der Waals surface area contributed by atoms with Crippen molar-refractivity contribution in [3.63, 3.8) is 0 Å². The predicted molar refractivity (Wildman–Crippen MR) is 136 cm³/mol. The second kappa shape index (κ2) is 12.0. The molecule has 3 aromatic rings. The minimum atomic E-state index is -1.31. The number of halogens is 4. The van der Waals surface area contributed by atoms with Gasteiger partial charge < -0.3 is 14.9 Å². The Morgan fingerprint density at radius 1 is 1.15 bits per heavy atom. The molecule has 1 fully saturated rings. The number of carboxylic acids is 1. The molecule has 1 saturated heterocycles. The van der Waals surface area contributed by atoms with Crippen molar-refractivity contribution in [1.29, 1.82) is 0 Å². The van der Waals surface area contributed by atoms with E-state index in [1.807, 2.05) is 4.90 Å². The van der Waals surface area contributed by atoms with E-state index in [0.29, 0.717) is 55.1 Å². The van der Waals surface area contributed by atoms with Crippen LogP contribution in [0.3, 0.4) is 0 Å². The van der Waals surface area contributed by atoms with Gasteiger partial charge in [-0.15, -0.1) is 0 Å². The van der Waals surface area contributed by atoms with Gasteiger partial charge in [0.25, 0.3) is 0 Å². The number of nitrogens with zero attached hydrogens (tertiary/aromatic N) is 2. The van der Waals surface area contributed by atoms with E-state index < -0.39 is 40.8 Å². The highest BCUT2D eigenvalue weighted by atomic mass is 19.2. The second-order valence-electron chi connectivity index (χ2n) is 9.85. The standard InChI is InChI=1S/C29H28F4N2O4/c1-39-20-4-5-24-21(15-20)27(23(32)17-34-24)25(36)6-7-29(16-26(37)38)8-11-35(12-9-29)10-2-3-18-13-19(30)14-22(31)28(18)33/h4-5,13-15,17,25,36H,6-12,16H2,1H3,(H,37,38). The fourth-order valence-electron chi connectivity index (χ4n) is 5.14. The molecule has 2 aromatic carbocycles. The first-order valence-corrected chi connectivity index (χ1v) is 12.5. The van der Waals surface area contributed by atoms with E-state index in [4.69, 9.17) is 4.74 Å². The van der Waals surface area contributed by atoms with Gasteiger partial charge in [0.05, 0.1) is 43.5 Å². The normalized spacial score (nSPS) is 15.9. The number of aliphatic carboxylic acids is 1. The second-order valence-corrected chi connectivity index (χ2v) is 9.85. The molecule has 6 nitrogen and oxygen atoms in total. The molecule has 2 N–H and O–H groups in total. The van der Waals surface area contributed by atoms with E-state index in [2.05, 4.69) is 16.8 Å². The molecule has 1 aliphatic rings. The van der Waals surface area contributed by atoms with Crippen LogP contribution in [0, 0.1) is 40.5 Å². The third-order valence-corrected chi connectivity index (χ3v) is 7.31. The van der Waals surface area contributed by atoms with Crippen molar-refractivity contribution < 1.29 is 37.3 Å². The lowest BCUT2D eigenvalue weighted by Gasteiger charge is -2.41. The molecule has 2 heterocycles. The molecule has 1 aromatic heterocycles. The highest BCUT2D eigenvalue weighted by Crippen LogP contribution is 2.42. The molecule has 0 bridgehead atoms. The number of benzene rings is 2. The van der Waals surface area contributed by atoms with Gasteiger partial charge in [0.15, 0.2) is 11.6 Å². The van der Waals surface area contributed by atoms with Crippen molar-refractivity contribution in [2.24, 2.45) is 5.41 Å². The molecule has 0 amide bonds. The Balaban J connectivity index is 1.44. The van der Waals surface area contributed by atoms with Crippen LogP contribution in [0.25, 0.3) is 10.9 Å². The quantitative estimate of drug-likeness (QED) is 0.230. The number of rotatable bonds is 8. The summed E-state index contributed by atoms with van der Waals surface area (Å²) >= 11 is 0. The fraction of sp³-hybridized carbons (Fsp3) is 0.379. The maximum atomic E-state index is 14.8. The van der Waals surface area contributed by atoms with Crippen molar-refractivity contribution in [3.05, 3.63) is 70.9 Å². The van der Waals surface area contributed by atoms with Gasteiger partial charge in [-0.2, -0.15) is 0 Å². The molecule has 0 aliphatic carbocycles. The minimum Gasteiger partial charge on any atom is -0.497 e. The van der Waals surface area contributed by atoms with Gasteiger partial charge in [0.1, 0.15) is 17.4 Å². The van der Waals surface area contributed by atoms with Crippen molar-refractivity contribution in [3.8, 4) is 17.6 Å². The molecule has 0 saturated carbocycles. The number of aliphatic hydroxyl groups excluding tert-OH is 1. The average molecular weight is 545 g/mol. The molecule has 1 unspecified atom stereocenters. The van der Waals surface area contributed by atoms with Crippen LogP contribution >= 0.6 is 0 Å². The monoisotopic (exact) mass is 544 g/mol. The summed E-state index contributed by atoms with van der Waals surface area (Å²) in [6, 6.07) is 6.26. The van der Waals surface area contributed by atoms with E-state index in [0.717, 1.165) is 12.3 Å². The summed E-state index contributed by atoms with van der Waals surface area (Å²) in [5.74, 6) is 0.618. The largest absolute Gasteiger partial charge is 0.497 e. The molecule has 0 spiro atoms. The number of hydrogen-bond donors (Lipinski definition) is 2.